The van der Waals surface area contributed by atoms with Gasteiger partial charge in [0.1, 0.15) is 5.92 Å². The summed E-state index contributed by atoms with van der Waals surface area (Å²) >= 11 is 0. The van der Waals surface area contributed by atoms with Crippen LogP contribution in [0.2, 0.25) is 0 Å². The maximum absolute atomic E-state index is 13.3. The average molecular weight is 567 g/mol. The molecule has 3 heterocycles. The molecular formula is C33H34N4O5. The van der Waals surface area contributed by atoms with Crippen LogP contribution in [0.15, 0.2) is 71.7 Å². The van der Waals surface area contributed by atoms with Gasteiger partial charge in [-0.1, -0.05) is 36.4 Å². The van der Waals surface area contributed by atoms with Crippen molar-refractivity contribution in [1.29, 1.82) is 0 Å². The van der Waals surface area contributed by atoms with E-state index < -0.39 is 11.9 Å². The first kappa shape index (κ1) is 27.8. The van der Waals surface area contributed by atoms with E-state index in [9.17, 15) is 14.4 Å². The number of carbonyl (C=O) groups is 3. The molecule has 6 rings (SSSR count). The van der Waals surface area contributed by atoms with Crippen molar-refractivity contribution in [2.75, 3.05) is 43.5 Å². The third-order valence-electron chi connectivity index (χ3n) is 8.01. The Bertz CT molecular complexity index is 1560. The molecule has 3 aliphatic heterocycles. The van der Waals surface area contributed by atoms with E-state index in [4.69, 9.17) is 14.5 Å². The third kappa shape index (κ3) is 5.45. The lowest BCUT2D eigenvalue weighted by Gasteiger charge is -2.35. The van der Waals surface area contributed by atoms with Gasteiger partial charge in [-0.3, -0.25) is 19.5 Å². The Kier molecular flexibility index (Phi) is 7.62. The number of hydrogen-bond donors (Lipinski definition) is 1. The van der Waals surface area contributed by atoms with Gasteiger partial charge in [-0.05, 0) is 67.3 Å². The summed E-state index contributed by atoms with van der Waals surface area (Å²) in [6, 6.07) is 20.6. The Balaban J connectivity index is 1.29. The fourth-order valence-electron chi connectivity index (χ4n) is 6.23. The molecular weight excluding hydrogens is 532 g/mol. The predicted octanol–water partition coefficient (Wildman–Crippen LogP) is 4.33. The van der Waals surface area contributed by atoms with Crippen LogP contribution in [0.25, 0.3) is 0 Å². The summed E-state index contributed by atoms with van der Waals surface area (Å²) in [5.74, 6) is -1.24. The van der Waals surface area contributed by atoms with Crippen LogP contribution in [0.1, 0.15) is 46.8 Å². The Morgan fingerprint density at radius 2 is 1.76 bits per heavy atom. The maximum Gasteiger partial charge on any atom is 0.337 e. The molecule has 2 amide bonds. The molecule has 9 nitrogen and oxygen atoms in total. The zero-order valence-corrected chi connectivity index (χ0v) is 24.0. The highest BCUT2D eigenvalue weighted by Gasteiger charge is 2.36. The van der Waals surface area contributed by atoms with Crippen LogP contribution in [0, 0.1) is 0 Å². The number of aliphatic imine (C=N–C) groups is 1. The van der Waals surface area contributed by atoms with Crippen molar-refractivity contribution >= 4 is 40.6 Å². The number of hydrogen-bond acceptors (Lipinski definition) is 7. The second kappa shape index (κ2) is 11.5. The number of morpholine rings is 1. The van der Waals surface area contributed by atoms with Gasteiger partial charge in [0.2, 0.25) is 11.8 Å². The highest BCUT2D eigenvalue weighted by Crippen LogP contribution is 2.38. The maximum atomic E-state index is 13.3. The fraction of sp³-hybridized carbons (Fsp3) is 0.333. The number of ether oxygens (including phenoxy) is 2. The fourth-order valence-corrected chi connectivity index (χ4v) is 6.23. The number of rotatable bonds is 6. The molecule has 42 heavy (non-hydrogen) atoms. The number of esters is 1. The van der Waals surface area contributed by atoms with E-state index in [0.29, 0.717) is 35.7 Å². The first-order valence-electron chi connectivity index (χ1n) is 14.3. The monoisotopic (exact) mass is 566 g/mol. The van der Waals surface area contributed by atoms with E-state index in [-0.39, 0.29) is 24.0 Å². The minimum atomic E-state index is -0.654. The van der Waals surface area contributed by atoms with Crippen molar-refractivity contribution in [3.8, 4) is 0 Å². The molecule has 0 aliphatic carbocycles. The smallest absolute Gasteiger partial charge is 0.337 e. The number of carbonyl (C=O) groups excluding carboxylic acids is 3. The number of nitrogens with zero attached hydrogens (tertiary/aromatic N) is 3. The van der Waals surface area contributed by atoms with E-state index in [2.05, 4.69) is 10.2 Å². The van der Waals surface area contributed by atoms with Crippen LogP contribution in [0.4, 0.5) is 17.1 Å². The van der Waals surface area contributed by atoms with Gasteiger partial charge in [-0.2, -0.15) is 0 Å². The van der Waals surface area contributed by atoms with Crippen molar-refractivity contribution in [3.63, 3.8) is 0 Å². The van der Waals surface area contributed by atoms with Gasteiger partial charge in [0, 0.05) is 31.0 Å². The minimum Gasteiger partial charge on any atom is -0.465 e. The summed E-state index contributed by atoms with van der Waals surface area (Å²) in [7, 11) is 1.33. The van der Waals surface area contributed by atoms with E-state index in [0.717, 1.165) is 41.9 Å². The van der Waals surface area contributed by atoms with Gasteiger partial charge in [-0.25, -0.2) is 4.79 Å². The molecule has 0 saturated carbocycles. The van der Waals surface area contributed by atoms with Crippen LogP contribution in [0.3, 0.4) is 0 Å². The van der Waals surface area contributed by atoms with Crippen LogP contribution < -0.4 is 10.2 Å². The number of methoxy groups -OCH3 is 1. The summed E-state index contributed by atoms with van der Waals surface area (Å²) in [5, 5.41) is 2.92. The lowest BCUT2D eigenvalue weighted by Crippen LogP contribution is -2.49. The third-order valence-corrected chi connectivity index (χ3v) is 8.01. The van der Waals surface area contributed by atoms with E-state index in [1.165, 1.54) is 7.11 Å². The number of amides is 2. The predicted molar refractivity (Wildman–Crippen MR) is 161 cm³/mol. The van der Waals surface area contributed by atoms with E-state index in [1.54, 1.807) is 18.2 Å². The number of fused-ring (bicyclic) bond motifs is 2. The number of nitrogens with one attached hydrogen (secondary N) is 1. The van der Waals surface area contributed by atoms with Gasteiger partial charge >= 0.3 is 5.97 Å². The van der Waals surface area contributed by atoms with Crippen molar-refractivity contribution in [2.24, 2.45) is 4.99 Å². The SMILES string of the molecule is COC(=O)c1ccc2c(c1)NC(=O)C2C(=Nc1ccc2c(c1)CCN2C(=O)CN1CC(C)OC(C)C1)c1ccccc1. The molecule has 3 aromatic carbocycles. The van der Waals surface area contributed by atoms with E-state index >= 15 is 0 Å². The summed E-state index contributed by atoms with van der Waals surface area (Å²) in [4.78, 5) is 47.8. The molecule has 3 unspecified atom stereocenters. The summed E-state index contributed by atoms with van der Waals surface area (Å²) in [6.07, 6.45) is 0.954. The molecule has 3 aromatic rings. The van der Waals surface area contributed by atoms with Crippen molar-refractivity contribution in [3.05, 3.63) is 89.0 Å². The molecule has 1 fully saturated rings. The second-order valence-corrected chi connectivity index (χ2v) is 11.1. The summed E-state index contributed by atoms with van der Waals surface area (Å²) in [5.41, 5.74) is 5.81. The van der Waals surface area contributed by atoms with Gasteiger partial charge in [-0.15, -0.1) is 0 Å². The highest BCUT2D eigenvalue weighted by atomic mass is 16.5. The molecule has 0 spiro atoms. The normalized spacial score (nSPS) is 22.0. The lowest BCUT2D eigenvalue weighted by molar-refractivity contribution is -0.123. The molecule has 3 aliphatic rings. The zero-order valence-electron chi connectivity index (χ0n) is 24.0. The van der Waals surface area contributed by atoms with Crippen molar-refractivity contribution in [2.45, 2.75) is 38.4 Å². The Morgan fingerprint density at radius 3 is 2.50 bits per heavy atom. The standard InChI is InChI=1S/C33H34N4O5/c1-20-17-36(18-21(2)42-20)19-29(38)37-14-13-23-15-25(10-12-28(23)37)34-31(22-7-5-4-6-8-22)30-26-11-9-24(33(40)41-3)16-27(26)35-32(30)39/h4-12,15-16,20-21,30H,13-14,17-19H2,1-3H3,(H,35,39). The van der Waals surface area contributed by atoms with Crippen LogP contribution >= 0.6 is 0 Å². The largest absolute Gasteiger partial charge is 0.465 e. The van der Waals surface area contributed by atoms with Gasteiger partial charge < -0.3 is 19.7 Å². The minimum absolute atomic E-state index is 0.0850. The second-order valence-electron chi connectivity index (χ2n) is 11.1. The molecule has 1 N–H and O–H groups in total. The Labute approximate surface area is 245 Å². The lowest BCUT2D eigenvalue weighted by atomic mass is 9.90. The zero-order chi connectivity index (χ0) is 29.4. The molecule has 0 radical (unpaired) electrons. The molecule has 1 saturated heterocycles. The quantitative estimate of drug-likeness (QED) is 0.352. The van der Waals surface area contributed by atoms with Crippen molar-refractivity contribution in [1.82, 2.24) is 4.90 Å². The number of benzene rings is 3. The van der Waals surface area contributed by atoms with Crippen LogP contribution in [-0.2, 0) is 25.5 Å². The van der Waals surface area contributed by atoms with Crippen molar-refractivity contribution < 1.29 is 23.9 Å². The summed E-state index contributed by atoms with van der Waals surface area (Å²) < 4.78 is 10.7. The van der Waals surface area contributed by atoms with Crippen LogP contribution in [0.5, 0.6) is 0 Å². The average Bonchev–Trinajstić information content (AvgIpc) is 3.55. The molecule has 0 bridgehead atoms. The number of anilines is 2. The first-order chi connectivity index (χ1) is 20.3. The van der Waals surface area contributed by atoms with Gasteiger partial charge in [0.15, 0.2) is 0 Å². The van der Waals surface area contributed by atoms with Crippen LogP contribution in [-0.4, -0.2) is 73.9 Å². The van der Waals surface area contributed by atoms with Gasteiger partial charge in [0.05, 0.1) is 42.8 Å². The van der Waals surface area contributed by atoms with E-state index in [1.807, 2.05) is 67.3 Å². The molecule has 9 heteroatoms. The van der Waals surface area contributed by atoms with Gasteiger partial charge in [0.25, 0.3) is 0 Å². The first-order valence-corrected chi connectivity index (χ1v) is 14.3. The molecule has 0 aromatic heterocycles. The molecule has 3 atom stereocenters. The Hall–Kier alpha value is -4.34. The molecule has 216 valence electrons. The Morgan fingerprint density at radius 1 is 1.00 bits per heavy atom. The highest BCUT2D eigenvalue weighted by molar-refractivity contribution is 6.24. The summed E-state index contributed by atoms with van der Waals surface area (Å²) in [6.45, 7) is 6.56. The topological polar surface area (TPSA) is 101 Å².